The van der Waals surface area contributed by atoms with E-state index in [0.717, 1.165) is 16.7 Å². The number of benzene rings is 1. The molecule has 2 amide bonds. The zero-order chi connectivity index (χ0) is 18.7. The van der Waals surface area contributed by atoms with E-state index < -0.39 is 24.0 Å². The second kappa shape index (κ2) is 7.70. The van der Waals surface area contributed by atoms with Crippen molar-refractivity contribution in [3.05, 3.63) is 41.0 Å². The van der Waals surface area contributed by atoms with Crippen LogP contribution in [0.4, 0.5) is 0 Å². The predicted octanol–water partition coefficient (Wildman–Crippen LogP) is 0.137. The summed E-state index contributed by atoms with van der Waals surface area (Å²) in [6.07, 6.45) is 3.36. The molecule has 26 heavy (non-hydrogen) atoms. The van der Waals surface area contributed by atoms with Crippen molar-refractivity contribution in [3.8, 4) is 0 Å². The zero-order valence-electron chi connectivity index (χ0n) is 14.7. The number of ether oxygens (including phenoxy) is 1. The fourth-order valence-electron chi connectivity index (χ4n) is 3.45. The number of carbonyl (C=O) groups is 3. The first kappa shape index (κ1) is 18.1. The van der Waals surface area contributed by atoms with Gasteiger partial charge in [-0.05, 0) is 36.0 Å². The highest BCUT2D eigenvalue weighted by atomic mass is 16.5. The van der Waals surface area contributed by atoms with Crippen LogP contribution in [0.2, 0.25) is 0 Å². The molecule has 7 heteroatoms. The van der Waals surface area contributed by atoms with Crippen LogP contribution in [0, 0.1) is 5.92 Å². The quantitative estimate of drug-likeness (QED) is 0.627. The van der Waals surface area contributed by atoms with Crippen molar-refractivity contribution in [1.29, 1.82) is 0 Å². The lowest BCUT2D eigenvalue weighted by Crippen LogP contribution is -2.50. The lowest BCUT2D eigenvalue weighted by atomic mass is 9.97. The van der Waals surface area contributed by atoms with Gasteiger partial charge >= 0.3 is 5.97 Å². The van der Waals surface area contributed by atoms with Gasteiger partial charge in [0.05, 0.1) is 7.11 Å². The van der Waals surface area contributed by atoms with Crippen LogP contribution in [0.3, 0.4) is 0 Å². The number of fused-ring (bicyclic) bond motifs is 1. The minimum absolute atomic E-state index is 0.105. The first-order chi connectivity index (χ1) is 12.5. The number of nitrogens with two attached hydrogens (primary N) is 1. The molecule has 0 radical (unpaired) electrons. The minimum Gasteiger partial charge on any atom is -0.467 e. The van der Waals surface area contributed by atoms with Gasteiger partial charge in [0.2, 0.25) is 11.8 Å². The van der Waals surface area contributed by atoms with Gasteiger partial charge in [0.25, 0.3) is 0 Å². The maximum atomic E-state index is 12.6. The highest BCUT2D eigenvalue weighted by Gasteiger charge is 2.33. The van der Waals surface area contributed by atoms with E-state index in [1.807, 2.05) is 30.3 Å². The molecule has 0 aromatic heterocycles. The molecule has 3 rings (SSSR count). The number of hydrogen-bond acceptors (Lipinski definition) is 5. The molecule has 3 atom stereocenters. The van der Waals surface area contributed by atoms with Crippen LogP contribution in [0.1, 0.15) is 24.0 Å². The predicted molar refractivity (Wildman–Crippen MR) is 95.8 cm³/mol. The summed E-state index contributed by atoms with van der Waals surface area (Å²) >= 11 is 0. The number of carbonyl (C=O) groups excluding carboxylic acids is 3. The zero-order valence-corrected chi connectivity index (χ0v) is 14.7. The molecule has 1 aromatic rings. The molecule has 1 saturated heterocycles. The summed E-state index contributed by atoms with van der Waals surface area (Å²) in [6, 6.07) is 6.11. The Kier molecular flexibility index (Phi) is 5.37. The molecule has 2 aliphatic rings. The van der Waals surface area contributed by atoms with Gasteiger partial charge in [0.15, 0.2) is 0 Å². The molecule has 0 saturated carbocycles. The van der Waals surface area contributed by atoms with E-state index >= 15 is 0 Å². The third-order valence-corrected chi connectivity index (χ3v) is 4.96. The molecule has 1 aromatic carbocycles. The Morgan fingerprint density at radius 3 is 2.81 bits per heavy atom. The average molecular weight is 357 g/mol. The summed E-state index contributed by atoms with van der Waals surface area (Å²) in [5, 5.41) is 5.38. The number of rotatable bonds is 6. The number of hydrogen-bond donors (Lipinski definition) is 3. The van der Waals surface area contributed by atoms with Crippen molar-refractivity contribution in [2.75, 3.05) is 13.7 Å². The van der Waals surface area contributed by atoms with Gasteiger partial charge in [-0.1, -0.05) is 30.3 Å². The van der Waals surface area contributed by atoms with Gasteiger partial charge in [-0.3, -0.25) is 9.59 Å². The summed E-state index contributed by atoms with van der Waals surface area (Å²) in [4.78, 5) is 36.4. The Hall–Kier alpha value is -2.67. The molecule has 0 unspecified atom stereocenters. The van der Waals surface area contributed by atoms with Crippen LogP contribution in [-0.4, -0.2) is 43.5 Å². The van der Waals surface area contributed by atoms with E-state index in [1.165, 1.54) is 7.11 Å². The average Bonchev–Trinajstić information content (AvgIpc) is 3.25. The van der Waals surface area contributed by atoms with Gasteiger partial charge in [-0.2, -0.15) is 0 Å². The van der Waals surface area contributed by atoms with Crippen molar-refractivity contribution in [3.63, 3.8) is 0 Å². The van der Waals surface area contributed by atoms with Crippen LogP contribution in [0.25, 0.3) is 6.08 Å². The summed E-state index contributed by atoms with van der Waals surface area (Å²) in [5.74, 6) is -1.44. The van der Waals surface area contributed by atoms with Crippen LogP contribution in [0.5, 0.6) is 0 Å². The molecule has 1 aliphatic carbocycles. The highest BCUT2D eigenvalue weighted by molar-refractivity contribution is 5.91. The Labute approximate surface area is 152 Å². The van der Waals surface area contributed by atoms with Gasteiger partial charge in [-0.15, -0.1) is 0 Å². The first-order valence-electron chi connectivity index (χ1n) is 8.69. The molecule has 4 N–H and O–H groups in total. The summed E-state index contributed by atoms with van der Waals surface area (Å²) < 4.78 is 4.77. The Morgan fingerprint density at radius 2 is 2.15 bits per heavy atom. The molecule has 7 nitrogen and oxygen atoms in total. The second-order valence-corrected chi connectivity index (χ2v) is 6.67. The highest BCUT2D eigenvalue weighted by Crippen LogP contribution is 2.26. The van der Waals surface area contributed by atoms with Crippen LogP contribution in [0.15, 0.2) is 29.8 Å². The van der Waals surface area contributed by atoms with Crippen LogP contribution in [-0.2, 0) is 25.5 Å². The maximum absolute atomic E-state index is 12.6. The summed E-state index contributed by atoms with van der Waals surface area (Å²) in [7, 11) is 1.26. The van der Waals surface area contributed by atoms with Crippen LogP contribution < -0.4 is 16.4 Å². The third kappa shape index (κ3) is 3.77. The lowest BCUT2D eigenvalue weighted by Gasteiger charge is -2.21. The molecule has 138 valence electrons. The van der Waals surface area contributed by atoms with Crippen molar-refractivity contribution in [2.24, 2.45) is 11.7 Å². The first-order valence-corrected chi connectivity index (χ1v) is 8.69. The minimum atomic E-state index is -0.892. The Morgan fingerprint density at radius 1 is 1.38 bits per heavy atom. The fraction of sp³-hybridized carbons (Fsp3) is 0.421. The molecular weight excluding hydrogens is 334 g/mol. The van der Waals surface area contributed by atoms with E-state index in [2.05, 4.69) is 10.6 Å². The molecule has 1 fully saturated rings. The topological polar surface area (TPSA) is 111 Å². The molecule has 0 spiro atoms. The van der Waals surface area contributed by atoms with Crippen LogP contribution >= 0.6 is 0 Å². The Balaban J connectivity index is 1.65. The van der Waals surface area contributed by atoms with E-state index in [-0.39, 0.29) is 18.2 Å². The SMILES string of the molecule is COC(=O)[C@H](C[C@@H]1CCNC1=O)NC(=O)[C@@H](N)C1=Cc2ccccc2C1. The van der Waals surface area contributed by atoms with Gasteiger partial charge < -0.3 is 21.1 Å². The Bertz CT molecular complexity index is 759. The number of methoxy groups -OCH3 is 1. The van der Waals surface area contributed by atoms with Gasteiger partial charge in [0.1, 0.15) is 12.1 Å². The van der Waals surface area contributed by atoms with E-state index in [9.17, 15) is 14.4 Å². The number of amides is 2. The largest absolute Gasteiger partial charge is 0.467 e. The van der Waals surface area contributed by atoms with Gasteiger partial charge in [-0.25, -0.2) is 4.79 Å². The summed E-state index contributed by atoms with van der Waals surface area (Å²) in [5.41, 5.74) is 9.09. The smallest absolute Gasteiger partial charge is 0.328 e. The van der Waals surface area contributed by atoms with E-state index in [1.54, 1.807) is 0 Å². The molecular formula is C19H23N3O4. The van der Waals surface area contributed by atoms with Gasteiger partial charge in [0, 0.05) is 12.5 Å². The number of nitrogens with one attached hydrogen (secondary N) is 2. The van der Waals surface area contributed by atoms with Crippen molar-refractivity contribution < 1.29 is 19.1 Å². The van der Waals surface area contributed by atoms with Crippen molar-refractivity contribution in [2.45, 2.75) is 31.3 Å². The van der Waals surface area contributed by atoms with E-state index in [4.69, 9.17) is 10.5 Å². The molecule has 1 aliphatic heterocycles. The number of esters is 1. The van der Waals surface area contributed by atoms with Crippen molar-refractivity contribution >= 4 is 23.9 Å². The fourth-order valence-corrected chi connectivity index (χ4v) is 3.45. The van der Waals surface area contributed by atoms with E-state index in [0.29, 0.717) is 19.4 Å². The van der Waals surface area contributed by atoms with Crippen molar-refractivity contribution in [1.82, 2.24) is 10.6 Å². The third-order valence-electron chi connectivity index (χ3n) is 4.96. The maximum Gasteiger partial charge on any atom is 0.328 e. The lowest BCUT2D eigenvalue weighted by molar-refractivity contribution is -0.145. The summed E-state index contributed by atoms with van der Waals surface area (Å²) in [6.45, 7) is 0.579. The standard InChI is InChI=1S/C19H23N3O4/c1-26-19(25)15(10-13-6-7-21-17(13)23)22-18(24)16(20)14-8-11-4-2-3-5-12(11)9-14/h2-5,8,13,15-16H,6-7,9-10,20H2,1H3,(H,21,23)(H,22,24)/t13-,15-,16-/m0/s1. The molecule has 1 heterocycles. The second-order valence-electron chi connectivity index (χ2n) is 6.67. The molecule has 0 bridgehead atoms. The monoisotopic (exact) mass is 357 g/mol. The normalized spacial score (nSPS) is 20.6.